The van der Waals surface area contributed by atoms with Gasteiger partial charge in [-0.15, -0.1) is 11.3 Å². The smallest absolute Gasteiger partial charge is 0.238 e. The maximum atomic E-state index is 12.3. The Morgan fingerprint density at radius 2 is 2.04 bits per heavy atom. The Morgan fingerprint density at radius 1 is 1.25 bits per heavy atom. The van der Waals surface area contributed by atoms with E-state index in [9.17, 15) is 4.79 Å². The summed E-state index contributed by atoms with van der Waals surface area (Å²) in [6.07, 6.45) is 0. The molecule has 3 rings (SSSR count). The van der Waals surface area contributed by atoms with E-state index in [1.165, 1.54) is 4.88 Å². The van der Waals surface area contributed by atoms with E-state index in [4.69, 9.17) is 9.47 Å². The normalized spacial score (nSPS) is 14.5. The van der Waals surface area contributed by atoms with Crippen molar-refractivity contribution in [2.75, 3.05) is 18.7 Å². The molecule has 0 saturated carbocycles. The molecule has 1 aliphatic heterocycles. The fraction of sp³-hybridized carbons (Fsp3) is 0.389. The van der Waals surface area contributed by atoms with Crippen molar-refractivity contribution in [2.45, 2.75) is 26.8 Å². The summed E-state index contributed by atoms with van der Waals surface area (Å²) in [7, 11) is 0. The van der Waals surface area contributed by atoms with Crippen molar-refractivity contribution in [2.24, 2.45) is 5.41 Å². The van der Waals surface area contributed by atoms with Gasteiger partial charge in [0.2, 0.25) is 12.7 Å². The van der Waals surface area contributed by atoms with Crippen molar-refractivity contribution >= 4 is 22.9 Å². The van der Waals surface area contributed by atoms with Gasteiger partial charge in [-0.25, -0.2) is 0 Å². The second-order valence-electron chi connectivity index (χ2n) is 6.81. The van der Waals surface area contributed by atoms with Crippen LogP contribution in [0, 0.1) is 5.41 Å². The van der Waals surface area contributed by atoms with Gasteiger partial charge in [-0.05, 0) is 29.0 Å². The molecule has 1 amide bonds. The number of hydrogen-bond donors (Lipinski definition) is 2. The summed E-state index contributed by atoms with van der Waals surface area (Å²) in [6.45, 7) is 6.97. The Kier molecular flexibility index (Phi) is 4.78. The number of rotatable bonds is 5. The first-order valence-electron chi connectivity index (χ1n) is 7.90. The average molecular weight is 346 g/mol. The molecule has 128 valence electrons. The molecule has 6 heteroatoms. The van der Waals surface area contributed by atoms with Gasteiger partial charge >= 0.3 is 0 Å². The van der Waals surface area contributed by atoms with Crippen LogP contribution in [0.2, 0.25) is 0 Å². The highest BCUT2D eigenvalue weighted by Gasteiger charge is 2.27. The van der Waals surface area contributed by atoms with E-state index in [2.05, 4.69) is 42.9 Å². The SMILES string of the molecule is CC(C)(C)C(NCC(=O)Nc1ccc2c(c1)OCO2)c1cccs1. The quantitative estimate of drug-likeness (QED) is 0.865. The highest BCUT2D eigenvalue weighted by atomic mass is 32.1. The van der Waals surface area contributed by atoms with Gasteiger partial charge in [0.05, 0.1) is 6.54 Å². The number of anilines is 1. The minimum absolute atomic E-state index is 0.0177. The van der Waals surface area contributed by atoms with Crippen LogP contribution in [0.5, 0.6) is 11.5 Å². The third-order valence-corrected chi connectivity index (χ3v) is 4.75. The highest BCUT2D eigenvalue weighted by molar-refractivity contribution is 7.10. The topological polar surface area (TPSA) is 59.6 Å². The van der Waals surface area contributed by atoms with Crippen LogP contribution >= 0.6 is 11.3 Å². The van der Waals surface area contributed by atoms with Gasteiger partial charge in [-0.2, -0.15) is 0 Å². The predicted octanol–water partition coefficient (Wildman–Crippen LogP) is 3.79. The first-order valence-corrected chi connectivity index (χ1v) is 8.78. The molecule has 1 aromatic carbocycles. The van der Waals surface area contributed by atoms with E-state index in [-0.39, 0.29) is 30.7 Å². The molecule has 0 saturated heterocycles. The maximum absolute atomic E-state index is 12.3. The molecule has 0 fully saturated rings. The van der Waals surface area contributed by atoms with E-state index >= 15 is 0 Å². The van der Waals surface area contributed by atoms with E-state index in [1.54, 1.807) is 23.5 Å². The van der Waals surface area contributed by atoms with E-state index in [0.29, 0.717) is 17.2 Å². The molecule has 1 unspecified atom stereocenters. The molecule has 2 heterocycles. The molecule has 0 spiro atoms. The van der Waals surface area contributed by atoms with Crippen LogP contribution in [0.25, 0.3) is 0 Å². The minimum Gasteiger partial charge on any atom is -0.454 e. The lowest BCUT2D eigenvalue weighted by Gasteiger charge is -2.30. The monoisotopic (exact) mass is 346 g/mol. The number of ether oxygens (including phenoxy) is 2. The van der Waals surface area contributed by atoms with E-state index in [1.807, 2.05) is 12.1 Å². The van der Waals surface area contributed by atoms with Gasteiger partial charge in [0.15, 0.2) is 11.5 Å². The van der Waals surface area contributed by atoms with Crippen molar-refractivity contribution < 1.29 is 14.3 Å². The molecule has 1 aliphatic rings. The maximum Gasteiger partial charge on any atom is 0.238 e. The number of benzene rings is 1. The zero-order valence-electron chi connectivity index (χ0n) is 14.1. The van der Waals surface area contributed by atoms with Crippen LogP contribution < -0.4 is 20.1 Å². The summed E-state index contributed by atoms with van der Waals surface area (Å²) in [5.41, 5.74) is 0.721. The third kappa shape index (κ3) is 3.88. The van der Waals surface area contributed by atoms with Crippen molar-refractivity contribution in [3.63, 3.8) is 0 Å². The first kappa shape index (κ1) is 16.8. The van der Waals surface area contributed by atoms with Gasteiger partial charge < -0.3 is 20.1 Å². The molecule has 0 bridgehead atoms. The Morgan fingerprint density at radius 3 is 2.75 bits per heavy atom. The highest BCUT2D eigenvalue weighted by Crippen LogP contribution is 2.35. The summed E-state index contributed by atoms with van der Waals surface area (Å²) in [4.78, 5) is 13.5. The van der Waals surface area contributed by atoms with Gasteiger partial charge in [0.25, 0.3) is 0 Å². The third-order valence-electron chi connectivity index (χ3n) is 3.82. The molecule has 24 heavy (non-hydrogen) atoms. The van der Waals surface area contributed by atoms with E-state index < -0.39 is 0 Å². The average Bonchev–Trinajstić information content (AvgIpc) is 3.16. The number of carbonyl (C=O) groups excluding carboxylic acids is 1. The first-order chi connectivity index (χ1) is 11.4. The number of fused-ring (bicyclic) bond motifs is 1. The van der Waals surface area contributed by atoms with Gasteiger partial charge in [-0.1, -0.05) is 26.8 Å². The molecule has 1 atom stereocenters. The summed E-state index contributed by atoms with van der Waals surface area (Å²) < 4.78 is 10.6. The van der Waals surface area contributed by atoms with Gasteiger partial charge in [0, 0.05) is 22.7 Å². The van der Waals surface area contributed by atoms with Gasteiger partial charge in [0.1, 0.15) is 0 Å². The fourth-order valence-electron chi connectivity index (χ4n) is 2.66. The lowest BCUT2D eigenvalue weighted by Crippen LogP contribution is -2.37. The van der Waals surface area contributed by atoms with Crippen molar-refractivity contribution in [3.05, 3.63) is 40.6 Å². The van der Waals surface area contributed by atoms with Crippen LogP contribution in [0.4, 0.5) is 5.69 Å². The number of nitrogens with one attached hydrogen (secondary N) is 2. The Balaban J connectivity index is 1.60. The van der Waals surface area contributed by atoms with Gasteiger partial charge in [-0.3, -0.25) is 4.79 Å². The summed E-state index contributed by atoms with van der Waals surface area (Å²) in [5, 5.41) is 8.32. The summed E-state index contributed by atoms with van der Waals surface area (Å²) >= 11 is 1.70. The molecule has 0 aliphatic carbocycles. The fourth-order valence-corrected chi connectivity index (χ4v) is 3.71. The van der Waals surface area contributed by atoms with Crippen molar-refractivity contribution in [1.82, 2.24) is 5.32 Å². The van der Waals surface area contributed by atoms with Crippen molar-refractivity contribution in [3.8, 4) is 11.5 Å². The largest absolute Gasteiger partial charge is 0.454 e. The molecule has 2 aromatic rings. The van der Waals surface area contributed by atoms with Crippen LogP contribution in [0.1, 0.15) is 31.7 Å². The molecule has 5 nitrogen and oxygen atoms in total. The van der Waals surface area contributed by atoms with Crippen LogP contribution in [-0.4, -0.2) is 19.2 Å². The lowest BCUT2D eigenvalue weighted by molar-refractivity contribution is -0.115. The lowest BCUT2D eigenvalue weighted by atomic mass is 9.86. The molecule has 0 radical (unpaired) electrons. The Bertz CT molecular complexity index is 708. The standard InChI is InChI=1S/C18H22N2O3S/c1-18(2,3)17(15-5-4-8-24-15)19-10-16(21)20-12-6-7-13-14(9-12)23-11-22-13/h4-9,17,19H,10-11H2,1-3H3,(H,20,21). The summed E-state index contributed by atoms with van der Waals surface area (Å²) in [6, 6.07) is 9.65. The summed E-state index contributed by atoms with van der Waals surface area (Å²) in [5.74, 6) is 1.28. The second kappa shape index (κ2) is 6.83. The van der Waals surface area contributed by atoms with Crippen LogP contribution in [0.15, 0.2) is 35.7 Å². The van der Waals surface area contributed by atoms with E-state index in [0.717, 1.165) is 0 Å². The number of carbonyl (C=O) groups is 1. The molecular formula is C18H22N2O3S. The number of thiophene rings is 1. The van der Waals surface area contributed by atoms with Crippen LogP contribution in [0.3, 0.4) is 0 Å². The minimum atomic E-state index is -0.0836. The van der Waals surface area contributed by atoms with Crippen molar-refractivity contribution in [1.29, 1.82) is 0 Å². The molecule has 1 aromatic heterocycles. The van der Waals surface area contributed by atoms with Crippen LogP contribution in [-0.2, 0) is 4.79 Å². The predicted molar refractivity (Wildman–Crippen MR) is 95.7 cm³/mol. The second-order valence-corrected chi connectivity index (χ2v) is 7.79. The number of amides is 1. The zero-order chi connectivity index (χ0) is 17.2. The molecular weight excluding hydrogens is 324 g/mol. The Hall–Kier alpha value is -2.05. The zero-order valence-corrected chi connectivity index (χ0v) is 14.9. The Labute approximate surface area is 146 Å². The molecule has 2 N–H and O–H groups in total. The number of hydrogen-bond acceptors (Lipinski definition) is 5.